The molecule has 2 aromatic rings. The number of hydrogen-bond acceptors (Lipinski definition) is 5. The van der Waals surface area contributed by atoms with E-state index in [0.717, 1.165) is 41.3 Å². The number of aromatic nitrogens is 1. The van der Waals surface area contributed by atoms with E-state index in [0.29, 0.717) is 6.61 Å². The molecule has 1 aliphatic heterocycles. The molecule has 1 aromatic heterocycles. The van der Waals surface area contributed by atoms with Crippen molar-refractivity contribution in [1.29, 1.82) is 0 Å². The van der Waals surface area contributed by atoms with Crippen LogP contribution in [-0.2, 0) is 11.3 Å². The second-order valence-electron chi connectivity index (χ2n) is 5.74. The van der Waals surface area contributed by atoms with E-state index in [1.165, 1.54) is 0 Å². The van der Waals surface area contributed by atoms with Crippen LogP contribution in [0.5, 0.6) is 0 Å². The molecule has 3 rings (SSSR count). The molecule has 0 saturated heterocycles. The second-order valence-corrected chi connectivity index (χ2v) is 5.74. The van der Waals surface area contributed by atoms with Crippen LogP contribution in [0.25, 0.3) is 11.1 Å². The molecule has 1 aromatic carbocycles. The topological polar surface area (TPSA) is 66.5 Å². The fourth-order valence-corrected chi connectivity index (χ4v) is 2.38. The minimum Gasteiger partial charge on any atom is -0.444 e. The standard InChI is InChI=1S/C17H20N4O2/c1-21(2)8-7-18-16-6-4-13(10-19-16)12-3-5-15-14(9-12)11-23-17(22)20-15/h3-6,9-10H,7-8,11H2,1-2H3,(H,18,19)(H,20,22). The maximum absolute atomic E-state index is 11.2. The number of fused-ring (bicyclic) bond motifs is 1. The molecular weight excluding hydrogens is 292 g/mol. The lowest BCUT2D eigenvalue weighted by Crippen LogP contribution is -2.21. The lowest BCUT2D eigenvalue weighted by molar-refractivity contribution is 0.151. The quantitative estimate of drug-likeness (QED) is 0.888. The molecule has 0 fully saturated rings. The van der Waals surface area contributed by atoms with Crippen LogP contribution >= 0.6 is 0 Å². The normalized spacial score (nSPS) is 13.3. The summed E-state index contributed by atoms with van der Waals surface area (Å²) < 4.78 is 5.00. The summed E-state index contributed by atoms with van der Waals surface area (Å²) in [4.78, 5) is 17.8. The first-order valence-corrected chi connectivity index (χ1v) is 7.53. The van der Waals surface area contributed by atoms with Crippen LogP contribution in [0.1, 0.15) is 5.56 Å². The summed E-state index contributed by atoms with van der Waals surface area (Å²) in [6, 6.07) is 9.90. The zero-order chi connectivity index (χ0) is 16.2. The second kappa shape index (κ2) is 6.66. The molecule has 0 atom stereocenters. The van der Waals surface area contributed by atoms with Crippen molar-refractivity contribution in [2.75, 3.05) is 37.8 Å². The van der Waals surface area contributed by atoms with Gasteiger partial charge in [0.25, 0.3) is 0 Å². The summed E-state index contributed by atoms with van der Waals surface area (Å²) in [7, 11) is 4.08. The number of cyclic esters (lactones) is 1. The average molecular weight is 312 g/mol. The summed E-state index contributed by atoms with van der Waals surface area (Å²) in [5, 5.41) is 5.98. The van der Waals surface area contributed by atoms with Crippen molar-refractivity contribution in [3.8, 4) is 11.1 Å². The summed E-state index contributed by atoms with van der Waals surface area (Å²) in [5.41, 5.74) is 3.86. The highest BCUT2D eigenvalue weighted by molar-refractivity contribution is 5.88. The van der Waals surface area contributed by atoms with Gasteiger partial charge in [-0.2, -0.15) is 0 Å². The zero-order valence-corrected chi connectivity index (χ0v) is 13.3. The van der Waals surface area contributed by atoms with Crippen LogP contribution in [0, 0.1) is 0 Å². The van der Waals surface area contributed by atoms with Gasteiger partial charge in [-0.3, -0.25) is 5.32 Å². The van der Waals surface area contributed by atoms with Crippen LogP contribution in [0.15, 0.2) is 36.5 Å². The molecule has 0 saturated carbocycles. The Bertz CT molecular complexity index is 698. The number of benzene rings is 1. The Morgan fingerprint density at radius 1 is 1.26 bits per heavy atom. The molecule has 0 spiro atoms. The highest BCUT2D eigenvalue weighted by atomic mass is 16.5. The summed E-state index contributed by atoms with van der Waals surface area (Å²) in [6.45, 7) is 2.11. The fourth-order valence-electron chi connectivity index (χ4n) is 2.38. The molecular formula is C17H20N4O2. The number of pyridine rings is 1. The van der Waals surface area contributed by atoms with Crippen molar-refractivity contribution >= 4 is 17.6 Å². The van der Waals surface area contributed by atoms with Crippen molar-refractivity contribution in [3.63, 3.8) is 0 Å². The Morgan fingerprint density at radius 3 is 2.83 bits per heavy atom. The van der Waals surface area contributed by atoms with Gasteiger partial charge in [0.2, 0.25) is 0 Å². The third-order valence-corrected chi connectivity index (χ3v) is 3.66. The van der Waals surface area contributed by atoms with Gasteiger partial charge in [-0.25, -0.2) is 9.78 Å². The van der Waals surface area contributed by atoms with Crippen molar-refractivity contribution in [3.05, 3.63) is 42.1 Å². The van der Waals surface area contributed by atoms with Gasteiger partial charge in [0.05, 0.1) is 5.69 Å². The molecule has 0 radical (unpaired) electrons. The molecule has 6 nitrogen and oxygen atoms in total. The Hall–Kier alpha value is -2.60. The largest absolute Gasteiger partial charge is 0.444 e. The van der Waals surface area contributed by atoms with Gasteiger partial charge in [0.15, 0.2) is 0 Å². The summed E-state index contributed by atoms with van der Waals surface area (Å²) >= 11 is 0. The number of likely N-dealkylation sites (N-methyl/N-ethyl adjacent to an activating group) is 1. The van der Waals surface area contributed by atoms with Gasteiger partial charge in [-0.15, -0.1) is 0 Å². The van der Waals surface area contributed by atoms with Crippen LogP contribution in [0.2, 0.25) is 0 Å². The van der Waals surface area contributed by atoms with E-state index in [2.05, 4.69) is 20.5 Å². The Kier molecular flexibility index (Phi) is 4.43. The number of ether oxygens (including phenoxy) is 1. The van der Waals surface area contributed by atoms with E-state index >= 15 is 0 Å². The van der Waals surface area contributed by atoms with Gasteiger partial charge >= 0.3 is 6.09 Å². The number of nitrogens with one attached hydrogen (secondary N) is 2. The Morgan fingerprint density at radius 2 is 2.09 bits per heavy atom. The van der Waals surface area contributed by atoms with Crippen LogP contribution in [0.3, 0.4) is 0 Å². The van der Waals surface area contributed by atoms with Gasteiger partial charge in [0.1, 0.15) is 12.4 Å². The number of amides is 1. The van der Waals surface area contributed by atoms with Crippen molar-refractivity contribution in [1.82, 2.24) is 9.88 Å². The maximum Gasteiger partial charge on any atom is 0.411 e. The third-order valence-electron chi connectivity index (χ3n) is 3.66. The van der Waals surface area contributed by atoms with Crippen molar-refractivity contribution in [2.45, 2.75) is 6.61 Å². The van der Waals surface area contributed by atoms with Gasteiger partial charge in [-0.1, -0.05) is 6.07 Å². The third kappa shape index (κ3) is 3.78. The maximum atomic E-state index is 11.2. The first-order chi connectivity index (χ1) is 11.1. The number of anilines is 2. The zero-order valence-electron chi connectivity index (χ0n) is 13.3. The number of carbonyl (C=O) groups is 1. The van der Waals surface area contributed by atoms with Crippen molar-refractivity contribution < 1.29 is 9.53 Å². The highest BCUT2D eigenvalue weighted by Gasteiger charge is 2.15. The smallest absolute Gasteiger partial charge is 0.411 e. The number of rotatable bonds is 5. The monoisotopic (exact) mass is 312 g/mol. The van der Waals surface area contributed by atoms with Crippen LogP contribution in [0.4, 0.5) is 16.3 Å². The minimum absolute atomic E-state index is 0.298. The molecule has 1 amide bonds. The molecule has 2 heterocycles. The first-order valence-electron chi connectivity index (χ1n) is 7.53. The summed E-state index contributed by atoms with van der Waals surface area (Å²) in [5.74, 6) is 0.865. The van der Waals surface area contributed by atoms with E-state index in [4.69, 9.17) is 4.74 Å². The van der Waals surface area contributed by atoms with Crippen LogP contribution < -0.4 is 10.6 Å². The minimum atomic E-state index is -0.403. The fraction of sp³-hybridized carbons (Fsp3) is 0.294. The SMILES string of the molecule is CN(C)CCNc1ccc(-c2ccc3c(c2)COC(=O)N3)cn1. The number of nitrogens with zero attached hydrogens (tertiary/aromatic N) is 2. The number of hydrogen-bond donors (Lipinski definition) is 2. The predicted molar refractivity (Wildman–Crippen MR) is 90.5 cm³/mol. The van der Waals surface area contributed by atoms with E-state index in [-0.39, 0.29) is 0 Å². The molecule has 0 unspecified atom stereocenters. The van der Waals surface area contributed by atoms with E-state index in [1.807, 2.05) is 50.6 Å². The molecule has 2 N–H and O–H groups in total. The summed E-state index contributed by atoms with van der Waals surface area (Å²) in [6.07, 6.45) is 1.45. The van der Waals surface area contributed by atoms with E-state index in [9.17, 15) is 4.79 Å². The Labute approximate surface area is 135 Å². The molecule has 0 aliphatic carbocycles. The van der Waals surface area contributed by atoms with E-state index < -0.39 is 6.09 Å². The van der Waals surface area contributed by atoms with Gasteiger partial charge in [-0.05, 0) is 43.9 Å². The van der Waals surface area contributed by atoms with Gasteiger partial charge < -0.3 is 15.0 Å². The Balaban J connectivity index is 1.71. The molecule has 1 aliphatic rings. The number of carbonyl (C=O) groups excluding carboxylic acids is 1. The van der Waals surface area contributed by atoms with E-state index in [1.54, 1.807) is 0 Å². The molecule has 0 bridgehead atoms. The van der Waals surface area contributed by atoms with Crippen molar-refractivity contribution in [2.24, 2.45) is 0 Å². The molecule has 120 valence electrons. The average Bonchev–Trinajstić information content (AvgIpc) is 2.55. The van der Waals surface area contributed by atoms with Gasteiger partial charge in [0, 0.05) is 30.4 Å². The molecule has 6 heteroatoms. The highest BCUT2D eigenvalue weighted by Crippen LogP contribution is 2.28. The van der Waals surface area contributed by atoms with Crippen LogP contribution in [-0.4, -0.2) is 43.2 Å². The lowest BCUT2D eigenvalue weighted by Gasteiger charge is -2.18. The first kappa shape index (κ1) is 15.3. The predicted octanol–water partition coefficient (Wildman–Crippen LogP) is 2.78. The molecule has 23 heavy (non-hydrogen) atoms. The lowest BCUT2D eigenvalue weighted by atomic mass is 10.0.